The zero-order valence-electron chi connectivity index (χ0n) is 17.9. The number of nitrogens with one attached hydrogen (secondary N) is 1. The zero-order valence-corrected chi connectivity index (χ0v) is 18.6. The largest absolute Gasteiger partial charge is 0.456 e. The molecule has 1 N–H and O–H groups in total. The van der Waals surface area contributed by atoms with Crippen LogP contribution in [0.25, 0.3) is 5.78 Å². The second kappa shape index (κ2) is 9.66. The van der Waals surface area contributed by atoms with Crippen molar-refractivity contribution in [2.24, 2.45) is 0 Å². The van der Waals surface area contributed by atoms with E-state index in [2.05, 4.69) is 20.4 Å². The molecule has 2 heterocycles. The maximum Gasteiger partial charge on any atom is 0.342 e. The molecule has 0 atom stereocenters. The lowest BCUT2D eigenvalue weighted by molar-refractivity contribution is -0.119. The lowest BCUT2D eigenvalue weighted by Crippen LogP contribution is -2.22. The van der Waals surface area contributed by atoms with Crippen LogP contribution in [0.5, 0.6) is 11.5 Å². The Morgan fingerprint density at radius 3 is 2.58 bits per heavy atom. The Kier molecular flexibility index (Phi) is 6.50. The number of aromatic nitrogens is 4. The molecule has 2 aromatic heterocycles. The summed E-state index contributed by atoms with van der Waals surface area (Å²) in [5, 5.41) is 7.28. The first-order valence-corrected chi connectivity index (χ1v) is 10.5. The highest BCUT2D eigenvalue weighted by atomic mass is 35.5. The van der Waals surface area contributed by atoms with Crippen molar-refractivity contribution in [1.82, 2.24) is 19.6 Å². The van der Waals surface area contributed by atoms with E-state index in [4.69, 9.17) is 21.1 Å². The van der Waals surface area contributed by atoms with E-state index in [0.717, 1.165) is 0 Å². The van der Waals surface area contributed by atoms with Gasteiger partial charge in [-0.05, 0) is 42.3 Å². The first-order chi connectivity index (χ1) is 15.9. The van der Waals surface area contributed by atoms with Crippen LogP contribution in [0.4, 0.5) is 5.69 Å². The van der Waals surface area contributed by atoms with Crippen LogP contribution in [0, 0.1) is 0 Å². The highest BCUT2D eigenvalue weighted by molar-refractivity contribution is 6.32. The van der Waals surface area contributed by atoms with Gasteiger partial charge < -0.3 is 14.8 Å². The number of esters is 1. The van der Waals surface area contributed by atoms with E-state index in [-0.39, 0.29) is 11.5 Å². The number of carbonyl (C=O) groups excluding carboxylic acids is 2. The summed E-state index contributed by atoms with van der Waals surface area (Å²) in [6.45, 7) is 3.38. The summed E-state index contributed by atoms with van der Waals surface area (Å²) in [6, 6.07) is 13.9. The summed E-state index contributed by atoms with van der Waals surface area (Å²) >= 11 is 6.09. The molecule has 33 heavy (non-hydrogen) atoms. The summed E-state index contributed by atoms with van der Waals surface area (Å²) in [4.78, 5) is 33.0. The average molecular weight is 466 g/mol. The fourth-order valence-electron chi connectivity index (χ4n) is 3.18. The van der Waals surface area contributed by atoms with Gasteiger partial charge in [0.15, 0.2) is 6.61 Å². The van der Waals surface area contributed by atoms with Crippen LogP contribution in [0.15, 0.2) is 61.1 Å². The molecule has 0 saturated heterocycles. The molecule has 0 radical (unpaired) electrons. The van der Waals surface area contributed by atoms with Gasteiger partial charge in [-0.3, -0.25) is 4.79 Å². The monoisotopic (exact) mass is 465 g/mol. The minimum Gasteiger partial charge on any atom is -0.456 e. The third kappa shape index (κ3) is 5.09. The summed E-state index contributed by atoms with van der Waals surface area (Å²) in [5.41, 5.74) is 1.37. The van der Waals surface area contributed by atoms with Crippen molar-refractivity contribution < 1.29 is 19.1 Å². The van der Waals surface area contributed by atoms with Crippen molar-refractivity contribution in [3.8, 4) is 11.5 Å². The molecule has 168 valence electrons. The number of ether oxygens (including phenoxy) is 2. The molecule has 10 heteroatoms. The molecule has 0 spiro atoms. The molecule has 0 unspecified atom stereocenters. The van der Waals surface area contributed by atoms with E-state index >= 15 is 0 Å². The maximum atomic E-state index is 12.6. The number of hydrogen-bond donors (Lipinski definition) is 1. The van der Waals surface area contributed by atoms with Gasteiger partial charge in [-0.25, -0.2) is 14.3 Å². The Morgan fingerprint density at radius 1 is 1.09 bits per heavy atom. The molecule has 2 aromatic carbocycles. The van der Waals surface area contributed by atoms with Crippen LogP contribution in [-0.4, -0.2) is 38.1 Å². The van der Waals surface area contributed by atoms with E-state index in [0.29, 0.717) is 33.7 Å². The molecule has 1 amide bonds. The van der Waals surface area contributed by atoms with Crippen molar-refractivity contribution >= 4 is 34.9 Å². The molecule has 0 saturated carbocycles. The molecule has 0 fully saturated rings. The minimum absolute atomic E-state index is 0.0416. The number of halogens is 1. The van der Waals surface area contributed by atoms with E-state index in [1.807, 2.05) is 26.0 Å². The summed E-state index contributed by atoms with van der Waals surface area (Å²) in [7, 11) is 0. The first-order valence-electron chi connectivity index (χ1n) is 10.1. The summed E-state index contributed by atoms with van der Waals surface area (Å²) in [5.74, 6) is 0.285. The van der Waals surface area contributed by atoms with Gasteiger partial charge >= 0.3 is 5.97 Å². The molecule has 9 nitrogen and oxygen atoms in total. The second-order valence-electron chi connectivity index (χ2n) is 7.36. The topological polar surface area (TPSA) is 108 Å². The third-order valence-electron chi connectivity index (χ3n) is 4.65. The SMILES string of the molecule is CC(C)c1c(C(=O)OCC(=O)Nc2ccc(Oc3ccccc3Cl)cc2)cnc2ncnn12. The highest BCUT2D eigenvalue weighted by Crippen LogP contribution is 2.29. The van der Waals surface area contributed by atoms with Gasteiger partial charge in [0.2, 0.25) is 0 Å². The molecule has 4 rings (SSSR count). The number of carbonyl (C=O) groups is 2. The molecule has 0 bridgehead atoms. The smallest absolute Gasteiger partial charge is 0.342 e. The number of benzene rings is 2. The second-order valence-corrected chi connectivity index (χ2v) is 7.77. The van der Waals surface area contributed by atoms with E-state index < -0.39 is 18.5 Å². The van der Waals surface area contributed by atoms with Crippen molar-refractivity contribution in [2.75, 3.05) is 11.9 Å². The van der Waals surface area contributed by atoms with Crippen molar-refractivity contribution in [3.63, 3.8) is 0 Å². The quantitative estimate of drug-likeness (QED) is 0.400. The van der Waals surface area contributed by atoms with E-state index in [1.165, 1.54) is 17.0 Å². The molecule has 0 aliphatic heterocycles. The number of anilines is 1. The van der Waals surface area contributed by atoms with Crippen LogP contribution >= 0.6 is 11.6 Å². The Hall–Kier alpha value is -3.98. The van der Waals surface area contributed by atoms with Gasteiger partial charge in [-0.1, -0.05) is 37.6 Å². The van der Waals surface area contributed by atoms with Crippen LogP contribution in [-0.2, 0) is 9.53 Å². The first kappa shape index (κ1) is 22.2. The molecule has 4 aromatic rings. The summed E-state index contributed by atoms with van der Waals surface area (Å²) in [6.07, 6.45) is 2.75. The van der Waals surface area contributed by atoms with Crippen LogP contribution in [0.3, 0.4) is 0 Å². The Morgan fingerprint density at radius 2 is 1.85 bits per heavy atom. The number of amides is 1. The fourth-order valence-corrected chi connectivity index (χ4v) is 3.35. The standard InChI is InChI=1S/C23H20ClN5O4/c1-14(2)21-17(11-25-23-26-13-27-29(21)23)22(31)32-12-20(30)28-15-7-9-16(10-8-15)33-19-6-4-3-5-18(19)24/h3-11,13-14H,12H2,1-2H3,(H,28,30). The third-order valence-corrected chi connectivity index (χ3v) is 4.96. The van der Waals surface area contributed by atoms with Gasteiger partial charge in [-0.2, -0.15) is 10.1 Å². The van der Waals surface area contributed by atoms with E-state index in [9.17, 15) is 9.59 Å². The number of hydrogen-bond acceptors (Lipinski definition) is 7. The Bertz CT molecular complexity index is 1300. The highest BCUT2D eigenvalue weighted by Gasteiger charge is 2.21. The predicted molar refractivity (Wildman–Crippen MR) is 122 cm³/mol. The van der Waals surface area contributed by atoms with Gasteiger partial charge in [0.05, 0.1) is 16.3 Å². The predicted octanol–water partition coefficient (Wildman–Crippen LogP) is 4.49. The number of nitrogens with zero attached hydrogens (tertiary/aromatic N) is 4. The normalized spacial score (nSPS) is 10.9. The number of rotatable bonds is 7. The fraction of sp³-hybridized carbons (Fsp3) is 0.174. The van der Waals surface area contributed by atoms with Crippen LogP contribution in [0.2, 0.25) is 5.02 Å². The van der Waals surface area contributed by atoms with Crippen molar-refractivity contribution in [3.05, 3.63) is 77.3 Å². The van der Waals surface area contributed by atoms with Gasteiger partial charge in [0.1, 0.15) is 17.8 Å². The average Bonchev–Trinajstić information content (AvgIpc) is 3.28. The molecule has 0 aliphatic rings. The summed E-state index contributed by atoms with van der Waals surface area (Å²) < 4.78 is 12.4. The van der Waals surface area contributed by atoms with Gasteiger partial charge in [0.25, 0.3) is 11.7 Å². The van der Waals surface area contributed by atoms with Crippen LogP contribution in [0.1, 0.15) is 35.8 Å². The molecular weight excluding hydrogens is 446 g/mol. The van der Waals surface area contributed by atoms with Crippen LogP contribution < -0.4 is 10.1 Å². The Balaban J connectivity index is 1.36. The van der Waals surface area contributed by atoms with E-state index in [1.54, 1.807) is 36.4 Å². The number of fused-ring (bicyclic) bond motifs is 1. The van der Waals surface area contributed by atoms with Gasteiger partial charge in [0, 0.05) is 11.9 Å². The number of para-hydroxylation sites is 1. The maximum absolute atomic E-state index is 12.6. The minimum atomic E-state index is -0.665. The molecular formula is C23H20ClN5O4. The zero-order chi connectivity index (χ0) is 23.4. The van der Waals surface area contributed by atoms with Crippen molar-refractivity contribution in [2.45, 2.75) is 19.8 Å². The lowest BCUT2D eigenvalue weighted by atomic mass is 10.1. The lowest BCUT2D eigenvalue weighted by Gasteiger charge is -2.13. The van der Waals surface area contributed by atoms with Crippen molar-refractivity contribution in [1.29, 1.82) is 0 Å². The van der Waals surface area contributed by atoms with Gasteiger partial charge in [-0.15, -0.1) is 0 Å². The molecule has 0 aliphatic carbocycles. The Labute approximate surface area is 194 Å².